The topological polar surface area (TPSA) is 52.0 Å². The average molecular weight is 307 g/mol. The van der Waals surface area contributed by atoms with Crippen LogP contribution in [-0.2, 0) is 0 Å². The lowest BCUT2D eigenvalue weighted by molar-refractivity contribution is 0.613. The first-order valence-corrected chi connectivity index (χ1v) is 6.04. The maximum atomic E-state index is 13.4. The van der Waals surface area contributed by atoms with Crippen molar-refractivity contribution in [2.24, 2.45) is 0 Å². The van der Waals surface area contributed by atoms with E-state index in [1.165, 1.54) is 12.1 Å². The molecule has 3 rings (SSSR count). The molecule has 0 bridgehead atoms. The standard InChI is InChI=1S/C13H8BrFN2O/c14-8-2-4-12-11(6-8)17-13(18-12)7-1-3-10(16)9(15)5-7/h1-6H,16H2. The maximum absolute atomic E-state index is 13.4. The molecule has 0 radical (unpaired) electrons. The van der Waals surface area contributed by atoms with Gasteiger partial charge in [0.25, 0.3) is 0 Å². The minimum Gasteiger partial charge on any atom is -0.436 e. The third-order valence-corrected chi connectivity index (χ3v) is 3.09. The molecule has 0 aliphatic rings. The number of hydrogen-bond acceptors (Lipinski definition) is 3. The highest BCUT2D eigenvalue weighted by atomic mass is 79.9. The van der Waals surface area contributed by atoms with E-state index in [1.807, 2.05) is 18.2 Å². The molecule has 1 aromatic heterocycles. The Morgan fingerprint density at radius 3 is 2.78 bits per heavy atom. The van der Waals surface area contributed by atoms with Gasteiger partial charge in [-0.2, -0.15) is 0 Å². The number of oxazole rings is 1. The zero-order valence-electron chi connectivity index (χ0n) is 9.15. The highest BCUT2D eigenvalue weighted by Crippen LogP contribution is 2.27. The fourth-order valence-corrected chi connectivity index (χ4v) is 2.03. The Bertz CT molecular complexity index is 739. The highest BCUT2D eigenvalue weighted by molar-refractivity contribution is 9.10. The van der Waals surface area contributed by atoms with Crippen molar-refractivity contribution in [3.05, 3.63) is 46.7 Å². The number of nitrogens with two attached hydrogens (primary N) is 1. The Morgan fingerprint density at radius 1 is 1.17 bits per heavy atom. The molecule has 2 N–H and O–H groups in total. The Hall–Kier alpha value is -1.88. The van der Waals surface area contributed by atoms with E-state index in [9.17, 15) is 4.39 Å². The van der Waals surface area contributed by atoms with Crippen LogP contribution in [-0.4, -0.2) is 4.98 Å². The normalized spacial score (nSPS) is 11.0. The van der Waals surface area contributed by atoms with Gasteiger partial charge in [0.1, 0.15) is 11.3 Å². The van der Waals surface area contributed by atoms with Gasteiger partial charge in [0, 0.05) is 10.0 Å². The minimum atomic E-state index is -0.476. The van der Waals surface area contributed by atoms with Crippen molar-refractivity contribution in [3.63, 3.8) is 0 Å². The van der Waals surface area contributed by atoms with E-state index >= 15 is 0 Å². The van der Waals surface area contributed by atoms with Crippen LogP contribution in [0.3, 0.4) is 0 Å². The van der Waals surface area contributed by atoms with Crippen LogP contribution in [0.15, 0.2) is 45.3 Å². The molecular formula is C13H8BrFN2O. The largest absolute Gasteiger partial charge is 0.436 e. The quantitative estimate of drug-likeness (QED) is 0.692. The molecule has 0 aliphatic carbocycles. The average Bonchev–Trinajstić information content (AvgIpc) is 2.75. The highest BCUT2D eigenvalue weighted by Gasteiger charge is 2.10. The van der Waals surface area contributed by atoms with Crippen LogP contribution in [0.1, 0.15) is 0 Å². The van der Waals surface area contributed by atoms with Gasteiger partial charge in [0.15, 0.2) is 5.58 Å². The molecule has 0 fully saturated rings. The predicted molar refractivity (Wildman–Crippen MR) is 71.5 cm³/mol. The summed E-state index contributed by atoms with van der Waals surface area (Å²) in [7, 11) is 0. The molecule has 0 saturated heterocycles. The summed E-state index contributed by atoms with van der Waals surface area (Å²) >= 11 is 3.36. The number of anilines is 1. The number of rotatable bonds is 1. The summed E-state index contributed by atoms with van der Waals surface area (Å²) in [6.07, 6.45) is 0. The van der Waals surface area contributed by atoms with Crippen LogP contribution in [0, 0.1) is 5.82 Å². The van der Waals surface area contributed by atoms with Crippen molar-refractivity contribution in [2.45, 2.75) is 0 Å². The van der Waals surface area contributed by atoms with Crippen molar-refractivity contribution in [1.29, 1.82) is 0 Å². The molecule has 1 heterocycles. The van der Waals surface area contributed by atoms with Gasteiger partial charge in [0.05, 0.1) is 5.69 Å². The third kappa shape index (κ3) is 1.86. The van der Waals surface area contributed by atoms with E-state index in [1.54, 1.807) is 6.07 Å². The molecule has 18 heavy (non-hydrogen) atoms. The molecule has 90 valence electrons. The lowest BCUT2D eigenvalue weighted by Crippen LogP contribution is -1.90. The number of hydrogen-bond donors (Lipinski definition) is 1. The van der Waals surface area contributed by atoms with Gasteiger partial charge < -0.3 is 10.2 Å². The van der Waals surface area contributed by atoms with Crippen LogP contribution >= 0.6 is 15.9 Å². The molecule has 0 saturated carbocycles. The molecule has 3 nitrogen and oxygen atoms in total. The second-order valence-electron chi connectivity index (χ2n) is 3.87. The monoisotopic (exact) mass is 306 g/mol. The Morgan fingerprint density at radius 2 is 2.00 bits per heavy atom. The summed E-state index contributed by atoms with van der Waals surface area (Å²) in [4.78, 5) is 4.31. The van der Waals surface area contributed by atoms with Gasteiger partial charge in [-0.25, -0.2) is 9.37 Å². The van der Waals surface area contributed by atoms with Crippen molar-refractivity contribution in [2.75, 3.05) is 5.73 Å². The van der Waals surface area contributed by atoms with E-state index in [0.717, 1.165) is 9.99 Å². The molecule has 0 atom stereocenters. The summed E-state index contributed by atoms with van der Waals surface area (Å²) in [6, 6.07) is 10.0. The second-order valence-corrected chi connectivity index (χ2v) is 4.78. The van der Waals surface area contributed by atoms with Gasteiger partial charge in [-0.1, -0.05) is 15.9 Å². The van der Waals surface area contributed by atoms with Crippen molar-refractivity contribution >= 4 is 32.7 Å². The zero-order valence-corrected chi connectivity index (χ0v) is 10.7. The molecule has 3 aromatic rings. The Balaban J connectivity index is 2.16. The number of halogens is 2. The van der Waals surface area contributed by atoms with E-state index < -0.39 is 5.82 Å². The van der Waals surface area contributed by atoms with Gasteiger partial charge in [-0.3, -0.25) is 0 Å². The fraction of sp³-hybridized carbons (Fsp3) is 0. The number of aromatic nitrogens is 1. The van der Waals surface area contributed by atoms with Crippen LogP contribution in [0.4, 0.5) is 10.1 Å². The van der Waals surface area contributed by atoms with E-state index in [0.29, 0.717) is 17.0 Å². The molecule has 0 amide bonds. The van der Waals surface area contributed by atoms with Crippen molar-refractivity contribution in [3.8, 4) is 11.5 Å². The third-order valence-electron chi connectivity index (χ3n) is 2.60. The summed E-state index contributed by atoms with van der Waals surface area (Å²) in [5.41, 5.74) is 7.48. The van der Waals surface area contributed by atoms with Crippen LogP contribution in [0.5, 0.6) is 0 Å². The Labute approximate surface area is 111 Å². The second kappa shape index (κ2) is 4.10. The molecule has 0 aliphatic heterocycles. The molecule has 0 unspecified atom stereocenters. The van der Waals surface area contributed by atoms with Crippen molar-refractivity contribution < 1.29 is 8.81 Å². The van der Waals surface area contributed by atoms with Gasteiger partial charge in [-0.15, -0.1) is 0 Å². The molecule has 0 spiro atoms. The van der Waals surface area contributed by atoms with Gasteiger partial charge in [-0.05, 0) is 36.4 Å². The first-order chi connectivity index (χ1) is 8.63. The predicted octanol–water partition coefficient (Wildman–Crippen LogP) is 3.98. The number of nitrogens with zero attached hydrogens (tertiary/aromatic N) is 1. The zero-order chi connectivity index (χ0) is 12.7. The number of nitrogen functional groups attached to an aromatic ring is 1. The smallest absolute Gasteiger partial charge is 0.227 e. The Kier molecular flexibility index (Phi) is 2.56. The first-order valence-electron chi connectivity index (χ1n) is 5.25. The van der Waals surface area contributed by atoms with E-state index in [4.69, 9.17) is 10.2 Å². The SMILES string of the molecule is Nc1ccc(-c2nc3cc(Br)ccc3o2)cc1F. The maximum Gasteiger partial charge on any atom is 0.227 e. The van der Waals surface area contributed by atoms with Gasteiger partial charge in [0.2, 0.25) is 5.89 Å². The van der Waals surface area contributed by atoms with Crippen LogP contribution < -0.4 is 5.73 Å². The summed E-state index contributed by atoms with van der Waals surface area (Å²) in [5.74, 6) is -0.0991. The lowest BCUT2D eigenvalue weighted by Gasteiger charge is -1.98. The lowest BCUT2D eigenvalue weighted by atomic mass is 10.2. The van der Waals surface area contributed by atoms with Gasteiger partial charge >= 0.3 is 0 Å². The number of fused-ring (bicyclic) bond motifs is 1. The molecule has 2 aromatic carbocycles. The molecule has 5 heteroatoms. The van der Waals surface area contributed by atoms with E-state index in [-0.39, 0.29) is 5.69 Å². The summed E-state index contributed by atoms with van der Waals surface area (Å²) in [5, 5.41) is 0. The minimum absolute atomic E-state index is 0.109. The first kappa shape index (κ1) is 11.2. The molecular weight excluding hydrogens is 299 g/mol. The summed E-state index contributed by atoms with van der Waals surface area (Å²) < 4.78 is 19.9. The fourth-order valence-electron chi connectivity index (χ4n) is 1.68. The van der Waals surface area contributed by atoms with Crippen molar-refractivity contribution in [1.82, 2.24) is 4.98 Å². The number of benzene rings is 2. The van der Waals surface area contributed by atoms with E-state index in [2.05, 4.69) is 20.9 Å². The summed E-state index contributed by atoms with van der Waals surface area (Å²) in [6.45, 7) is 0. The van der Waals surface area contributed by atoms with Crippen LogP contribution in [0.2, 0.25) is 0 Å². The van der Waals surface area contributed by atoms with Crippen LogP contribution in [0.25, 0.3) is 22.6 Å².